The van der Waals surface area contributed by atoms with Crippen LogP contribution >= 0.6 is 0 Å². The summed E-state index contributed by atoms with van der Waals surface area (Å²) < 4.78 is 5.97. The maximum absolute atomic E-state index is 13.1. The normalized spacial score (nSPS) is 17.9. The number of nitrogens with two attached hydrogens (primary N) is 1. The molecule has 27 heavy (non-hydrogen) atoms. The zero-order valence-electron chi connectivity index (χ0n) is 15.2. The molecule has 2 aromatic carbocycles. The van der Waals surface area contributed by atoms with Gasteiger partial charge in [0.1, 0.15) is 5.75 Å². The van der Waals surface area contributed by atoms with Gasteiger partial charge in [-0.2, -0.15) is 0 Å². The number of nitrogens with one attached hydrogen (secondary N) is 1. The third-order valence-corrected chi connectivity index (χ3v) is 6.18. The molecule has 0 saturated carbocycles. The number of para-hydroxylation sites is 1. The van der Waals surface area contributed by atoms with Gasteiger partial charge in [-0.15, -0.1) is 0 Å². The summed E-state index contributed by atoms with van der Waals surface area (Å²) in [5, 5.41) is 0.991. The van der Waals surface area contributed by atoms with Crippen LogP contribution in [0.4, 0.5) is 0 Å². The summed E-state index contributed by atoms with van der Waals surface area (Å²) in [5.41, 5.74) is 10.0. The van der Waals surface area contributed by atoms with Crippen LogP contribution in [0.15, 0.2) is 48.7 Å². The fourth-order valence-electron chi connectivity index (χ4n) is 4.51. The predicted octanol–water partition coefficient (Wildman–Crippen LogP) is 3.19. The van der Waals surface area contributed by atoms with Gasteiger partial charge in [-0.05, 0) is 30.5 Å². The SMILES string of the molecule is NCc1ccc2c(c1)C1(CCN(C(=O)c3c[nH]c4ccccc34)CC1)CO2. The van der Waals surface area contributed by atoms with E-state index in [0.717, 1.165) is 53.7 Å². The van der Waals surface area contributed by atoms with E-state index in [-0.39, 0.29) is 11.3 Å². The number of carbonyl (C=O) groups is 1. The second-order valence-electron chi connectivity index (χ2n) is 7.64. The number of piperidine rings is 1. The average molecular weight is 361 g/mol. The number of likely N-dealkylation sites (tertiary alicyclic amines) is 1. The Labute approximate surface area is 158 Å². The zero-order valence-corrected chi connectivity index (χ0v) is 15.2. The van der Waals surface area contributed by atoms with Gasteiger partial charge in [0.05, 0.1) is 12.2 Å². The quantitative estimate of drug-likeness (QED) is 0.736. The molecule has 2 aliphatic heterocycles. The van der Waals surface area contributed by atoms with E-state index in [2.05, 4.69) is 11.1 Å². The molecule has 0 radical (unpaired) electrons. The average Bonchev–Trinajstić information content (AvgIpc) is 3.30. The summed E-state index contributed by atoms with van der Waals surface area (Å²) >= 11 is 0. The Morgan fingerprint density at radius 3 is 2.81 bits per heavy atom. The van der Waals surface area contributed by atoms with Crippen LogP contribution in [0.25, 0.3) is 10.9 Å². The molecule has 1 fully saturated rings. The van der Waals surface area contributed by atoms with Gasteiger partial charge in [0.25, 0.3) is 5.91 Å². The van der Waals surface area contributed by atoms with Gasteiger partial charge in [0.2, 0.25) is 0 Å². The van der Waals surface area contributed by atoms with Gasteiger partial charge in [-0.1, -0.05) is 30.3 Å². The van der Waals surface area contributed by atoms with E-state index >= 15 is 0 Å². The molecular formula is C22H23N3O2. The molecule has 5 rings (SSSR count). The molecule has 0 atom stereocenters. The minimum atomic E-state index is 0.0114. The monoisotopic (exact) mass is 361 g/mol. The van der Waals surface area contributed by atoms with Crippen LogP contribution in [0.1, 0.15) is 34.3 Å². The Morgan fingerprint density at radius 1 is 1.19 bits per heavy atom. The van der Waals surface area contributed by atoms with Gasteiger partial charge in [0, 0.05) is 47.7 Å². The molecule has 1 spiro atoms. The number of fused-ring (bicyclic) bond motifs is 3. The Balaban J connectivity index is 1.38. The minimum Gasteiger partial charge on any atom is -0.492 e. The van der Waals surface area contributed by atoms with Crippen molar-refractivity contribution >= 4 is 16.8 Å². The molecule has 138 valence electrons. The number of benzene rings is 2. The van der Waals surface area contributed by atoms with Crippen molar-refractivity contribution in [3.8, 4) is 5.75 Å². The van der Waals surface area contributed by atoms with Gasteiger partial charge >= 0.3 is 0 Å². The van der Waals surface area contributed by atoms with Crippen LogP contribution in [0.3, 0.4) is 0 Å². The standard InChI is InChI=1S/C22H23N3O2/c23-12-15-5-6-20-18(11-15)22(14-27-20)7-9-25(10-8-22)21(26)17-13-24-19-4-2-1-3-16(17)19/h1-6,11,13,24H,7-10,12,14,23H2. The molecule has 0 aliphatic carbocycles. The molecule has 1 saturated heterocycles. The number of aromatic amines is 1. The number of rotatable bonds is 2. The summed E-state index contributed by atoms with van der Waals surface area (Å²) in [7, 11) is 0. The fraction of sp³-hybridized carbons (Fsp3) is 0.318. The van der Waals surface area contributed by atoms with E-state index < -0.39 is 0 Å². The summed E-state index contributed by atoms with van der Waals surface area (Å²) in [6, 6.07) is 14.2. The highest BCUT2D eigenvalue weighted by molar-refractivity contribution is 6.06. The first-order valence-electron chi connectivity index (χ1n) is 9.52. The molecule has 5 nitrogen and oxygen atoms in total. The first kappa shape index (κ1) is 16.4. The van der Waals surface area contributed by atoms with Crippen molar-refractivity contribution in [2.45, 2.75) is 24.8 Å². The summed E-state index contributed by atoms with van der Waals surface area (Å²) in [5.74, 6) is 1.08. The molecular weight excluding hydrogens is 338 g/mol. The Morgan fingerprint density at radius 2 is 2.00 bits per heavy atom. The van der Waals surface area contributed by atoms with Crippen molar-refractivity contribution < 1.29 is 9.53 Å². The zero-order chi connectivity index (χ0) is 18.4. The number of aromatic nitrogens is 1. The molecule has 3 aromatic rings. The molecule has 1 aromatic heterocycles. The first-order chi connectivity index (χ1) is 13.2. The first-order valence-corrected chi connectivity index (χ1v) is 9.52. The van der Waals surface area contributed by atoms with Crippen LogP contribution in [-0.4, -0.2) is 35.5 Å². The van der Waals surface area contributed by atoms with E-state index in [1.165, 1.54) is 5.56 Å². The molecule has 2 aliphatic rings. The Hall–Kier alpha value is -2.79. The maximum Gasteiger partial charge on any atom is 0.256 e. The topological polar surface area (TPSA) is 71.3 Å². The second kappa shape index (κ2) is 6.13. The van der Waals surface area contributed by atoms with Crippen molar-refractivity contribution in [2.24, 2.45) is 5.73 Å². The van der Waals surface area contributed by atoms with Crippen molar-refractivity contribution in [2.75, 3.05) is 19.7 Å². The van der Waals surface area contributed by atoms with Crippen LogP contribution in [0.2, 0.25) is 0 Å². The highest BCUT2D eigenvalue weighted by atomic mass is 16.5. The highest BCUT2D eigenvalue weighted by Gasteiger charge is 2.44. The van der Waals surface area contributed by atoms with Crippen molar-refractivity contribution in [3.63, 3.8) is 0 Å². The van der Waals surface area contributed by atoms with E-state index in [0.29, 0.717) is 13.2 Å². The third kappa shape index (κ3) is 2.53. The highest BCUT2D eigenvalue weighted by Crippen LogP contribution is 2.46. The predicted molar refractivity (Wildman–Crippen MR) is 105 cm³/mol. The molecule has 0 bridgehead atoms. The lowest BCUT2D eigenvalue weighted by Crippen LogP contribution is -2.46. The molecule has 1 amide bonds. The van der Waals surface area contributed by atoms with E-state index in [1.54, 1.807) is 0 Å². The molecule has 3 heterocycles. The second-order valence-corrected chi connectivity index (χ2v) is 7.64. The van der Waals surface area contributed by atoms with Crippen molar-refractivity contribution in [1.82, 2.24) is 9.88 Å². The number of amides is 1. The van der Waals surface area contributed by atoms with Gasteiger partial charge in [-0.3, -0.25) is 4.79 Å². The van der Waals surface area contributed by atoms with E-state index in [4.69, 9.17) is 10.5 Å². The summed E-state index contributed by atoms with van der Waals surface area (Å²) in [6.07, 6.45) is 3.67. The maximum atomic E-state index is 13.1. The van der Waals surface area contributed by atoms with Gasteiger partial charge < -0.3 is 20.4 Å². The Kier molecular flexibility index (Phi) is 3.72. The van der Waals surface area contributed by atoms with Crippen LogP contribution < -0.4 is 10.5 Å². The number of carbonyl (C=O) groups excluding carboxylic acids is 1. The lowest BCUT2D eigenvalue weighted by molar-refractivity contribution is 0.0648. The van der Waals surface area contributed by atoms with Gasteiger partial charge in [-0.25, -0.2) is 0 Å². The van der Waals surface area contributed by atoms with Crippen molar-refractivity contribution in [1.29, 1.82) is 0 Å². The smallest absolute Gasteiger partial charge is 0.256 e. The van der Waals surface area contributed by atoms with Crippen molar-refractivity contribution in [3.05, 3.63) is 65.4 Å². The Bertz CT molecular complexity index is 1020. The third-order valence-electron chi connectivity index (χ3n) is 6.18. The number of hydrogen-bond donors (Lipinski definition) is 2. The molecule has 0 unspecified atom stereocenters. The van der Waals surface area contributed by atoms with Gasteiger partial charge in [0.15, 0.2) is 0 Å². The molecule has 5 heteroatoms. The minimum absolute atomic E-state index is 0.0114. The van der Waals surface area contributed by atoms with E-state index in [1.807, 2.05) is 47.5 Å². The number of nitrogens with zero attached hydrogens (tertiary/aromatic N) is 1. The van der Waals surface area contributed by atoms with Crippen LogP contribution in [-0.2, 0) is 12.0 Å². The summed E-state index contributed by atoms with van der Waals surface area (Å²) in [4.78, 5) is 18.3. The largest absolute Gasteiger partial charge is 0.492 e. The summed E-state index contributed by atoms with van der Waals surface area (Å²) in [6.45, 7) is 2.72. The van der Waals surface area contributed by atoms with Crippen LogP contribution in [0.5, 0.6) is 5.75 Å². The lowest BCUT2D eigenvalue weighted by atomic mass is 9.74. The van der Waals surface area contributed by atoms with Crippen LogP contribution in [0, 0.1) is 0 Å². The molecule has 3 N–H and O–H groups in total. The number of hydrogen-bond acceptors (Lipinski definition) is 3. The fourth-order valence-corrected chi connectivity index (χ4v) is 4.51. The number of H-pyrrole nitrogens is 1. The lowest BCUT2D eigenvalue weighted by Gasteiger charge is -2.38. The number of ether oxygens (including phenoxy) is 1. The van der Waals surface area contributed by atoms with E-state index in [9.17, 15) is 4.79 Å².